The van der Waals surface area contributed by atoms with Crippen molar-refractivity contribution in [2.75, 3.05) is 5.32 Å². The van der Waals surface area contributed by atoms with Gasteiger partial charge < -0.3 is 16.3 Å². The molecule has 98 valence electrons. The molecular weight excluding hydrogens is 262 g/mol. The van der Waals surface area contributed by atoms with Gasteiger partial charge in [0.2, 0.25) is 0 Å². The standard InChI is InChI=1S/C14H14ClN3O/c15-11-6-7-12(14(16)18-19)13(8-11)17-9-10-4-2-1-3-5-10/h1-8,17,19H,9H2,(H2,16,18). The maximum absolute atomic E-state index is 8.77. The number of nitrogens with two attached hydrogens (primary N) is 1. The topological polar surface area (TPSA) is 70.6 Å². The molecule has 4 N–H and O–H groups in total. The molecule has 0 fully saturated rings. The lowest BCUT2D eigenvalue weighted by Crippen LogP contribution is -2.16. The molecule has 0 radical (unpaired) electrons. The quantitative estimate of drug-likeness (QED) is 0.348. The smallest absolute Gasteiger partial charge is 0.172 e. The van der Waals surface area contributed by atoms with E-state index in [1.807, 2.05) is 30.3 Å². The van der Waals surface area contributed by atoms with Crippen LogP contribution in [-0.4, -0.2) is 11.0 Å². The summed E-state index contributed by atoms with van der Waals surface area (Å²) in [5.41, 5.74) is 8.11. The highest BCUT2D eigenvalue weighted by Gasteiger charge is 2.07. The number of halogens is 1. The van der Waals surface area contributed by atoms with Gasteiger partial charge in [0.25, 0.3) is 0 Å². The van der Waals surface area contributed by atoms with Crippen LogP contribution in [0.4, 0.5) is 5.69 Å². The van der Waals surface area contributed by atoms with Gasteiger partial charge in [-0.15, -0.1) is 0 Å². The van der Waals surface area contributed by atoms with Gasteiger partial charge in [0.05, 0.1) is 0 Å². The first kappa shape index (κ1) is 13.2. The van der Waals surface area contributed by atoms with Crippen LogP contribution in [0.25, 0.3) is 0 Å². The molecule has 19 heavy (non-hydrogen) atoms. The average molecular weight is 276 g/mol. The minimum Gasteiger partial charge on any atom is -0.409 e. The molecule has 0 saturated heterocycles. The maximum atomic E-state index is 8.77. The van der Waals surface area contributed by atoms with Crippen LogP contribution < -0.4 is 11.1 Å². The highest BCUT2D eigenvalue weighted by atomic mass is 35.5. The molecule has 0 amide bonds. The average Bonchev–Trinajstić information content (AvgIpc) is 2.45. The molecule has 0 saturated carbocycles. The Hall–Kier alpha value is -2.20. The highest BCUT2D eigenvalue weighted by Crippen LogP contribution is 2.21. The molecule has 4 nitrogen and oxygen atoms in total. The summed E-state index contributed by atoms with van der Waals surface area (Å²) in [7, 11) is 0. The first-order valence-electron chi connectivity index (χ1n) is 5.76. The van der Waals surface area contributed by atoms with E-state index >= 15 is 0 Å². The van der Waals surface area contributed by atoms with Crippen molar-refractivity contribution in [1.29, 1.82) is 0 Å². The molecule has 0 aliphatic rings. The molecule has 0 spiro atoms. The number of rotatable bonds is 4. The summed E-state index contributed by atoms with van der Waals surface area (Å²) in [5.74, 6) is 0.0484. The monoisotopic (exact) mass is 275 g/mol. The molecule has 0 heterocycles. The van der Waals surface area contributed by atoms with Crippen LogP contribution in [0.15, 0.2) is 53.7 Å². The summed E-state index contributed by atoms with van der Waals surface area (Å²) in [6.45, 7) is 0.632. The van der Waals surface area contributed by atoms with Crippen LogP contribution in [-0.2, 0) is 6.54 Å². The number of oxime groups is 1. The zero-order valence-electron chi connectivity index (χ0n) is 10.2. The van der Waals surface area contributed by atoms with E-state index in [1.54, 1.807) is 18.2 Å². The van der Waals surface area contributed by atoms with Gasteiger partial charge in [-0.25, -0.2) is 0 Å². The van der Waals surface area contributed by atoms with E-state index in [0.29, 0.717) is 17.1 Å². The SMILES string of the molecule is N/C(=N\O)c1ccc(Cl)cc1NCc1ccccc1. The van der Waals surface area contributed by atoms with Gasteiger partial charge in [-0.1, -0.05) is 47.1 Å². The van der Waals surface area contributed by atoms with Gasteiger partial charge >= 0.3 is 0 Å². The zero-order valence-corrected chi connectivity index (χ0v) is 10.9. The summed E-state index contributed by atoms with van der Waals surface area (Å²) in [6.07, 6.45) is 0. The summed E-state index contributed by atoms with van der Waals surface area (Å²) < 4.78 is 0. The van der Waals surface area contributed by atoms with Crippen molar-refractivity contribution < 1.29 is 5.21 Å². The summed E-state index contributed by atoms with van der Waals surface area (Å²) in [4.78, 5) is 0. The van der Waals surface area contributed by atoms with Crippen LogP contribution in [0.1, 0.15) is 11.1 Å². The normalized spacial score (nSPS) is 11.3. The Morgan fingerprint density at radius 1 is 1.21 bits per heavy atom. The van der Waals surface area contributed by atoms with Crippen molar-refractivity contribution >= 4 is 23.1 Å². The summed E-state index contributed by atoms with van der Waals surface area (Å²) in [5, 5.41) is 15.6. The minimum atomic E-state index is 0.0484. The molecule has 0 aliphatic carbocycles. The van der Waals surface area contributed by atoms with E-state index in [2.05, 4.69) is 10.5 Å². The number of nitrogens with one attached hydrogen (secondary N) is 1. The molecular formula is C14H14ClN3O. The van der Waals surface area contributed by atoms with Gasteiger partial charge in [-0.05, 0) is 23.8 Å². The van der Waals surface area contributed by atoms with Crippen LogP contribution in [0.5, 0.6) is 0 Å². The summed E-state index contributed by atoms with van der Waals surface area (Å²) >= 11 is 5.96. The predicted molar refractivity (Wildman–Crippen MR) is 77.7 cm³/mol. The third-order valence-electron chi connectivity index (χ3n) is 2.69. The first-order chi connectivity index (χ1) is 9.20. The fourth-order valence-corrected chi connectivity index (χ4v) is 1.91. The number of benzene rings is 2. The lowest BCUT2D eigenvalue weighted by atomic mass is 10.1. The van der Waals surface area contributed by atoms with E-state index in [1.165, 1.54) is 0 Å². The van der Waals surface area contributed by atoms with Gasteiger partial charge in [0, 0.05) is 22.8 Å². The van der Waals surface area contributed by atoms with E-state index < -0.39 is 0 Å². The molecule has 5 heteroatoms. The molecule has 0 aliphatic heterocycles. The number of hydrogen-bond donors (Lipinski definition) is 3. The van der Waals surface area contributed by atoms with E-state index in [-0.39, 0.29) is 5.84 Å². The van der Waals surface area contributed by atoms with Crippen LogP contribution in [0, 0.1) is 0 Å². The lowest BCUT2D eigenvalue weighted by molar-refractivity contribution is 0.318. The van der Waals surface area contributed by atoms with Gasteiger partial charge in [-0.2, -0.15) is 0 Å². The fraction of sp³-hybridized carbons (Fsp3) is 0.0714. The Balaban J connectivity index is 2.21. The molecule has 2 rings (SSSR count). The van der Waals surface area contributed by atoms with Crippen molar-refractivity contribution in [1.82, 2.24) is 0 Å². The second-order valence-electron chi connectivity index (χ2n) is 4.01. The maximum Gasteiger partial charge on any atom is 0.172 e. The Kier molecular flexibility index (Phi) is 4.26. The molecule has 0 bridgehead atoms. The highest BCUT2D eigenvalue weighted by molar-refractivity contribution is 6.31. The Morgan fingerprint density at radius 3 is 2.63 bits per heavy atom. The Labute approximate surface area is 116 Å². The third-order valence-corrected chi connectivity index (χ3v) is 2.93. The third kappa shape index (κ3) is 3.39. The first-order valence-corrected chi connectivity index (χ1v) is 6.14. The zero-order chi connectivity index (χ0) is 13.7. The predicted octanol–water partition coefficient (Wildman–Crippen LogP) is 3.05. The molecule has 0 unspecified atom stereocenters. The van der Waals surface area contributed by atoms with E-state index in [0.717, 1.165) is 11.3 Å². The van der Waals surface area contributed by atoms with E-state index in [4.69, 9.17) is 22.5 Å². The Morgan fingerprint density at radius 2 is 1.95 bits per heavy atom. The van der Waals surface area contributed by atoms with Crippen molar-refractivity contribution in [3.05, 3.63) is 64.7 Å². The van der Waals surface area contributed by atoms with Gasteiger partial charge in [-0.3, -0.25) is 0 Å². The fourth-order valence-electron chi connectivity index (χ4n) is 1.73. The van der Waals surface area contributed by atoms with Gasteiger partial charge in [0.15, 0.2) is 5.84 Å². The largest absolute Gasteiger partial charge is 0.409 e. The number of amidine groups is 1. The second kappa shape index (κ2) is 6.11. The van der Waals surface area contributed by atoms with Crippen molar-refractivity contribution in [3.63, 3.8) is 0 Å². The number of nitrogens with zero attached hydrogens (tertiary/aromatic N) is 1. The van der Waals surface area contributed by atoms with Gasteiger partial charge in [0.1, 0.15) is 0 Å². The van der Waals surface area contributed by atoms with Crippen molar-refractivity contribution in [3.8, 4) is 0 Å². The number of hydrogen-bond acceptors (Lipinski definition) is 3. The van der Waals surface area contributed by atoms with Crippen molar-refractivity contribution in [2.45, 2.75) is 6.54 Å². The van der Waals surface area contributed by atoms with Crippen molar-refractivity contribution in [2.24, 2.45) is 10.9 Å². The lowest BCUT2D eigenvalue weighted by Gasteiger charge is -2.11. The summed E-state index contributed by atoms with van der Waals surface area (Å²) in [6, 6.07) is 15.1. The van der Waals surface area contributed by atoms with Crippen LogP contribution in [0.2, 0.25) is 5.02 Å². The van der Waals surface area contributed by atoms with Crippen LogP contribution >= 0.6 is 11.6 Å². The minimum absolute atomic E-state index is 0.0484. The number of anilines is 1. The molecule has 0 atom stereocenters. The Bertz CT molecular complexity index is 584. The molecule has 2 aromatic rings. The molecule has 2 aromatic carbocycles. The molecule has 0 aromatic heterocycles. The second-order valence-corrected chi connectivity index (χ2v) is 4.45. The van der Waals surface area contributed by atoms with Crippen LogP contribution in [0.3, 0.4) is 0 Å². The van der Waals surface area contributed by atoms with E-state index in [9.17, 15) is 0 Å².